The van der Waals surface area contributed by atoms with Gasteiger partial charge in [0.2, 0.25) is 0 Å². The smallest absolute Gasteiger partial charge is 0.311 e. The molecule has 1 atom stereocenters. The summed E-state index contributed by atoms with van der Waals surface area (Å²) in [5, 5.41) is 9.52. The standard InChI is InChI=1S/C13H26N2O3/c1-12(2,14)9-15-7-4-5-13(10-15,11(16)17)6-8-18-3/h4-10,14H2,1-3H3,(H,16,17). The van der Waals surface area contributed by atoms with E-state index >= 15 is 0 Å². The summed E-state index contributed by atoms with van der Waals surface area (Å²) in [6, 6.07) is 0. The summed E-state index contributed by atoms with van der Waals surface area (Å²) < 4.78 is 5.05. The van der Waals surface area contributed by atoms with Gasteiger partial charge in [0.1, 0.15) is 0 Å². The number of piperidine rings is 1. The summed E-state index contributed by atoms with van der Waals surface area (Å²) in [6.45, 7) is 6.68. The van der Waals surface area contributed by atoms with E-state index in [1.54, 1.807) is 7.11 Å². The van der Waals surface area contributed by atoms with E-state index in [0.717, 1.165) is 25.9 Å². The first-order chi connectivity index (χ1) is 8.29. The molecule has 0 aliphatic carbocycles. The van der Waals surface area contributed by atoms with Gasteiger partial charge >= 0.3 is 5.97 Å². The van der Waals surface area contributed by atoms with Crippen molar-refractivity contribution in [1.29, 1.82) is 0 Å². The highest BCUT2D eigenvalue weighted by Crippen LogP contribution is 2.34. The predicted octanol–water partition coefficient (Wildman–Crippen LogP) is 0.927. The maximum absolute atomic E-state index is 11.6. The van der Waals surface area contributed by atoms with Gasteiger partial charge in [-0.1, -0.05) is 0 Å². The molecule has 0 saturated carbocycles. The zero-order chi connectivity index (χ0) is 13.8. The van der Waals surface area contributed by atoms with Crippen LogP contribution >= 0.6 is 0 Å². The molecular formula is C13H26N2O3. The molecule has 106 valence electrons. The van der Waals surface area contributed by atoms with Crippen molar-refractivity contribution in [3.63, 3.8) is 0 Å². The highest BCUT2D eigenvalue weighted by molar-refractivity contribution is 5.75. The Morgan fingerprint density at radius 1 is 1.56 bits per heavy atom. The van der Waals surface area contributed by atoms with Gasteiger partial charge in [0.05, 0.1) is 5.41 Å². The average Bonchev–Trinajstić information content (AvgIpc) is 2.24. The number of nitrogens with two attached hydrogens (primary N) is 1. The Labute approximate surface area is 109 Å². The Kier molecular flexibility index (Phi) is 5.13. The molecule has 3 N–H and O–H groups in total. The van der Waals surface area contributed by atoms with Crippen LogP contribution in [0, 0.1) is 5.41 Å². The minimum absolute atomic E-state index is 0.289. The third kappa shape index (κ3) is 4.23. The second-order valence-corrected chi connectivity index (χ2v) is 6.13. The zero-order valence-electron chi connectivity index (χ0n) is 11.7. The Morgan fingerprint density at radius 3 is 2.72 bits per heavy atom. The number of carboxylic acids is 1. The third-order valence-electron chi connectivity index (χ3n) is 3.53. The third-order valence-corrected chi connectivity index (χ3v) is 3.53. The van der Waals surface area contributed by atoms with Crippen molar-refractivity contribution in [3.8, 4) is 0 Å². The lowest BCUT2D eigenvalue weighted by molar-refractivity contribution is -0.154. The van der Waals surface area contributed by atoms with E-state index in [9.17, 15) is 9.90 Å². The van der Waals surface area contributed by atoms with Gasteiger partial charge in [-0.2, -0.15) is 0 Å². The van der Waals surface area contributed by atoms with Crippen molar-refractivity contribution in [2.45, 2.75) is 38.6 Å². The molecule has 1 heterocycles. The Hall–Kier alpha value is -0.650. The SMILES string of the molecule is COCCC1(C(=O)O)CCCN(CC(C)(C)N)C1. The van der Waals surface area contributed by atoms with Crippen molar-refractivity contribution in [2.24, 2.45) is 11.1 Å². The first kappa shape index (κ1) is 15.4. The first-order valence-electron chi connectivity index (χ1n) is 6.53. The number of aliphatic carboxylic acids is 1. The number of carboxylic acid groups (broad SMARTS) is 1. The van der Waals surface area contributed by atoms with Crippen LogP contribution in [0.25, 0.3) is 0 Å². The van der Waals surface area contributed by atoms with E-state index in [4.69, 9.17) is 10.5 Å². The minimum atomic E-state index is -0.709. The molecule has 5 nitrogen and oxygen atoms in total. The van der Waals surface area contributed by atoms with Crippen LogP contribution in [0.5, 0.6) is 0 Å². The molecule has 1 unspecified atom stereocenters. The fraction of sp³-hybridized carbons (Fsp3) is 0.923. The highest BCUT2D eigenvalue weighted by atomic mass is 16.5. The van der Waals surface area contributed by atoms with E-state index in [1.165, 1.54) is 0 Å². The van der Waals surface area contributed by atoms with Gasteiger partial charge in [-0.3, -0.25) is 4.79 Å². The van der Waals surface area contributed by atoms with Gasteiger partial charge in [0, 0.05) is 32.3 Å². The molecule has 1 saturated heterocycles. The van der Waals surface area contributed by atoms with Gasteiger partial charge < -0.3 is 20.5 Å². The molecule has 1 rings (SSSR count). The van der Waals surface area contributed by atoms with Gasteiger partial charge in [-0.15, -0.1) is 0 Å². The fourth-order valence-corrected chi connectivity index (χ4v) is 2.72. The monoisotopic (exact) mass is 258 g/mol. The van der Waals surface area contributed by atoms with E-state index in [-0.39, 0.29) is 5.54 Å². The van der Waals surface area contributed by atoms with E-state index < -0.39 is 11.4 Å². The zero-order valence-corrected chi connectivity index (χ0v) is 11.7. The normalized spacial score (nSPS) is 26.2. The largest absolute Gasteiger partial charge is 0.481 e. The molecule has 1 aliphatic heterocycles. The molecule has 5 heteroatoms. The minimum Gasteiger partial charge on any atom is -0.481 e. The van der Waals surface area contributed by atoms with Crippen LogP contribution in [0.4, 0.5) is 0 Å². The van der Waals surface area contributed by atoms with Crippen molar-refractivity contribution in [3.05, 3.63) is 0 Å². The lowest BCUT2D eigenvalue weighted by Gasteiger charge is -2.42. The fourth-order valence-electron chi connectivity index (χ4n) is 2.72. The van der Waals surface area contributed by atoms with Crippen LogP contribution in [-0.4, -0.2) is 54.9 Å². The number of hydrogen-bond acceptors (Lipinski definition) is 4. The van der Waals surface area contributed by atoms with Crippen LogP contribution < -0.4 is 5.73 Å². The van der Waals surface area contributed by atoms with Gasteiger partial charge in [-0.25, -0.2) is 0 Å². The number of nitrogens with zero attached hydrogens (tertiary/aromatic N) is 1. The molecule has 0 amide bonds. The Morgan fingerprint density at radius 2 is 2.22 bits per heavy atom. The summed E-state index contributed by atoms with van der Waals surface area (Å²) >= 11 is 0. The molecule has 1 fully saturated rings. The summed E-state index contributed by atoms with van der Waals surface area (Å²) in [6.07, 6.45) is 2.21. The molecule has 0 bridgehead atoms. The molecule has 1 aliphatic rings. The molecule has 0 aromatic heterocycles. The number of methoxy groups -OCH3 is 1. The summed E-state index contributed by atoms with van der Waals surface area (Å²) in [5.41, 5.74) is 5.06. The molecule has 18 heavy (non-hydrogen) atoms. The maximum atomic E-state index is 11.6. The van der Waals surface area contributed by atoms with Gasteiger partial charge in [0.15, 0.2) is 0 Å². The predicted molar refractivity (Wildman–Crippen MR) is 70.5 cm³/mol. The lowest BCUT2D eigenvalue weighted by atomic mass is 9.77. The average molecular weight is 258 g/mol. The Bertz CT molecular complexity index is 288. The second kappa shape index (κ2) is 5.99. The number of hydrogen-bond donors (Lipinski definition) is 2. The molecule has 0 radical (unpaired) electrons. The number of carbonyl (C=O) groups is 1. The number of likely N-dealkylation sites (tertiary alicyclic amines) is 1. The maximum Gasteiger partial charge on any atom is 0.311 e. The van der Waals surface area contributed by atoms with Crippen LogP contribution in [0.3, 0.4) is 0 Å². The number of rotatable bonds is 6. The molecule has 0 spiro atoms. The summed E-state index contributed by atoms with van der Waals surface area (Å²) in [7, 11) is 1.61. The van der Waals surface area contributed by atoms with Crippen molar-refractivity contribution >= 4 is 5.97 Å². The van der Waals surface area contributed by atoms with Crippen LogP contribution in [0.2, 0.25) is 0 Å². The Balaban J connectivity index is 2.70. The summed E-state index contributed by atoms with van der Waals surface area (Å²) in [5.74, 6) is -0.709. The van der Waals surface area contributed by atoms with Gasteiger partial charge in [-0.05, 0) is 39.7 Å². The quantitative estimate of drug-likeness (QED) is 0.741. The second-order valence-electron chi connectivity index (χ2n) is 6.13. The van der Waals surface area contributed by atoms with Gasteiger partial charge in [0.25, 0.3) is 0 Å². The van der Waals surface area contributed by atoms with Crippen molar-refractivity contribution in [1.82, 2.24) is 4.90 Å². The van der Waals surface area contributed by atoms with Crippen LogP contribution in [0.15, 0.2) is 0 Å². The summed E-state index contributed by atoms with van der Waals surface area (Å²) in [4.78, 5) is 13.8. The highest BCUT2D eigenvalue weighted by Gasteiger charge is 2.42. The van der Waals surface area contributed by atoms with Crippen molar-refractivity contribution < 1.29 is 14.6 Å². The van der Waals surface area contributed by atoms with Crippen LogP contribution in [-0.2, 0) is 9.53 Å². The lowest BCUT2D eigenvalue weighted by Crippen LogP contribution is -2.53. The number of ether oxygens (including phenoxy) is 1. The topological polar surface area (TPSA) is 75.8 Å². The van der Waals surface area contributed by atoms with E-state index in [0.29, 0.717) is 19.6 Å². The molecular weight excluding hydrogens is 232 g/mol. The van der Waals surface area contributed by atoms with E-state index in [1.807, 2.05) is 13.8 Å². The van der Waals surface area contributed by atoms with Crippen LogP contribution in [0.1, 0.15) is 33.1 Å². The van der Waals surface area contributed by atoms with Crippen molar-refractivity contribution in [2.75, 3.05) is 33.4 Å². The molecule has 0 aromatic carbocycles. The molecule has 0 aromatic rings. The first-order valence-corrected chi connectivity index (χ1v) is 6.53. The van der Waals surface area contributed by atoms with E-state index in [2.05, 4.69) is 4.90 Å².